The van der Waals surface area contributed by atoms with Crippen molar-refractivity contribution in [1.82, 2.24) is 10.2 Å². The number of benzene rings is 1. The fourth-order valence-corrected chi connectivity index (χ4v) is 1.95. The van der Waals surface area contributed by atoms with Crippen molar-refractivity contribution in [3.8, 4) is 6.07 Å². The van der Waals surface area contributed by atoms with E-state index < -0.39 is 0 Å². The fourth-order valence-electron chi connectivity index (χ4n) is 1.95. The van der Waals surface area contributed by atoms with Crippen molar-refractivity contribution < 1.29 is 4.79 Å². The largest absolute Gasteiger partial charge is 0.337 e. The average molecular weight is 229 g/mol. The third kappa shape index (κ3) is 3.05. The molecule has 1 aromatic rings. The van der Waals surface area contributed by atoms with Crippen LogP contribution in [0.15, 0.2) is 24.3 Å². The van der Waals surface area contributed by atoms with E-state index in [2.05, 4.69) is 11.4 Å². The van der Waals surface area contributed by atoms with Gasteiger partial charge in [0.15, 0.2) is 0 Å². The second-order valence-corrected chi connectivity index (χ2v) is 4.16. The number of rotatable bonds is 2. The van der Waals surface area contributed by atoms with Gasteiger partial charge in [-0.2, -0.15) is 5.26 Å². The summed E-state index contributed by atoms with van der Waals surface area (Å²) in [4.78, 5) is 13.6. The Morgan fingerprint density at radius 3 is 3.18 bits per heavy atom. The van der Waals surface area contributed by atoms with Crippen LogP contribution in [-0.4, -0.2) is 30.4 Å². The summed E-state index contributed by atoms with van der Waals surface area (Å²) in [6.07, 6.45) is 0.976. The molecule has 0 bridgehead atoms. The molecule has 0 spiro atoms. The molecular formula is C13H15N3O. The molecule has 0 aliphatic carbocycles. The van der Waals surface area contributed by atoms with Crippen molar-refractivity contribution >= 4 is 5.91 Å². The Bertz CT molecular complexity index is 450. The summed E-state index contributed by atoms with van der Waals surface area (Å²) >= 11 is 0. The van der Waals surface area contributed by atoms with E-state index in [0.717, 1.165) is 25.1 Å². The molecule has 1 amide bonds. The van der Waals surface area contributed by atoms with Crippen LogP contribution in [0.25, 0.3) is 0 Å². The molecule has 1 aliphatic heterocycles. The number of carbonyl (C=O) groups excluding carboxylic acids is 1. The first kappa shape index (κ1) is 11.6. The van der Waals surface area contributed by atoms with E-state index in [1.54, 1.807) is 6.07 Å². The number of amides is 1. The minimum absolute atomic E-state index is 0.130. The Morgan fingerprint density at radius 1 is 1.47 bits per heavy atom. The van der Waals surface area contributed by atoms with Gasteiger partial charge >= 0.3 is 0 Å². The van der Waals surface area contributed by atoms with E-state index in [1.807, 2.05) is 23.1 Å². The molecule has 4 heteroatoms. The molecule has 1 aliphatic rings. The number of nitrogens with zero attached hydrogens (tertiary/aromatic N) is 2. The lowest BCUT2D eigenvalue weighted by atomic mass is 10.1. The molecule has 1 heterocycles. The van der Waals surface area contributed by atoms with Gasteiger partial charge in [0.2, 0.25) is 5.91 Å². The molecule has 88 valence electrons. The number of nitrogens with one attached hydrogen (secondary N) is 1. The van der Waals surface area contributed by atoms with Gasteiger partial charge < -0.3 is 10.2 Å². The Hall–Kier alpha value is -1.86. The summed E-state index contributed by atoms with van der Waals surface area (Å²) in [7, 11) is 0. The predicted octanol–water partition coefficient (Wildman–Crippen LogP) is 0.880. The molecule has 17 heavy (non-hydrogen) atoms. The van der Waals surface area contributed by atoms with Crippen LogP contribution in [0.3, 0.4) is 0 Å². The first-order valence-corrected chi connectivity index (χ1v) is 5.77. The van der Waals surface area contributed by atoms with Crippen molar-refractivity contribution in [1.29, 1.82) is 5.26 Å². The van der Waals surface area contributed by atoms with Crippen molar-refractivity contribution in [2.24, 2.45) is 0 Å². The minimum Gasteiger partial charge on any atom is -0.337 e. The highest BCUT2D eigenvalue weighted by molar-refractivity contribution is 5.78. The van der Waals surface area contributed by atoms with E-state index >= 15 is 0 Å². The van der Waals surface area contributed by atoms with Crippen LogP contribution in [0.1, 0.15) is 17.5 Å². The number of carbonyl (C=O) groups is 1. The summed E-state index contributed by atoms with van der Waals surface area (Å²) in [5.41, 5.74) is 1.65. The summed E-state index contributed by atoms with van der Waals surface area (Å²) < 4.78 is 0. The van der Waals surface area contributed by atoms with Crippen LogP contribution < -0.4 is 5.32 Å². The molecule has 0 atom stereocenters. The maximum absolute atomic E-state index is 11.8. The van der Waals surface area contributed by atoms with Crippen molar-refractivity contribution in [3.05, 3.63) is 35.4 Å². The van der Waals surface area contributed by atoms with Gasteiger partial charge in [0.25, 0.3) is 0 Å². The van der Waals surface area contributed by atoms with Gasteiger partial charge in [-0.3, -0.25) is 4.79 Å². The number of hydrogen-bond donors (Lipinski definition) is 1. The molecule has 0 radical (unpaired) electrons. The standard InChI is InChI=1S/C13H15N3O/c14-8-11-3-1-4-12(7-11)10-16-6-2-5-15-9-13(16)17/h1,3-4,7,15H,2,5-6,9-10H2. The Morgan fingerprint density at radius 2 is 2.35 bits per heavy atom. The first-order chi connectivity index (χ1) is 8.29. The Balaban J connectivity index is 2.08. The highest BCUT2D eigenvalue weighted by atomic mass is 16.2. The lowest BCUT2D eigenvalue weighted by Crippen LogP contribution is -2.34. The molecule has 1 saturated heterocycles. The van der Waals surface area contributed by atoms with E-state index in [1.165, 1.54) is 0 Å². The van der Waals surface area contributed by atoms with Gasteiger partial charge in [-0.05, 0) is 30.7 Å². The maximum atomic E-state index is 11.8. The molecular weight excluding hydrogens is 214 g/mol. The van der Waals surface area contributed by atoms with Crippen LogP contribution in [0.2, 0.25) is 0 Å². The highest BCUT2D eigenvalue weighted by Gasteiger charge is 2.16. The summed E-state index contributed by atoms with van der Waals surface area (Å²) in [6, 6.07) is 9.53. The van der Waals surface area contributed by atoms with E-state index in [0.29, 0.717) is 18.7 Å². The summed E-state index contributed by atoms with van der Waals surface area (Å²) in [5, 5.41) is 11.9. The minimum atomic E-state index is 0.130. The quantitative estimate of drug-likeness (QED) is 0.819. The third-order valence-electron chi connectivity index (χ3n) is 2.84. The van der Waals surface area contributed by atoms with Crippen molar-refractivity contribution in [3.63, 3.8) is 0 Å². The topological polar surface area (TPSA) is 56.1 Å². The van der Waals surface area contributed by atoms with E-state index in [-0.39, 0.29) is 5.91 Å². The second kappa shape index (κ2) is 5.46. The van der Waals surface area contributed by atoms with Gasteiger partial charge in [-0.1, -0.05) is 12.1 Å². The predicted molar refractivity (Wildman–Crippen MR) is 64.1 cm³/mol. The molecule has 1 aromatic carbocycles. The lowest BCUT2D eigenvalue weighted by molar-refractivity contribution is -0.130. The molecule has 0 aromatic heterocycles. The van der Waals surface area contributed by atoms with Gasteiger partial charge in [0, 0.05) is 13.1 Å². The molecule has 2 rings (SSSR count). The molecule has 0 unspecified atom stereocenters. The smallest absolute Gasteiger partial charge is 0.236 e. The molecule has 4 nitrogen and oxygen atoms in total. The van der Waals surface area contributed by atoms with E-state index in [4.69, 9.17) is 5.26 Å². The summed E-state index contributed by atoms with van der Waals surface area (Å²) in [6.45, 7) is 2.68. The van der Waals surface area contributed by atoms with Crippen LogP contribution in [0.5, 0.6) is 0 Å². The van der Waals surface area contributed by atoms with E-state index in [9.17, 15) is 4.79 Å². The Labute approximate surface area is 101 Å². The SMILES string of the molecule is N#Cc1cccc(CN2CCCNCC2=O)c1. The van der Waals surface area contributed by atoms with Gasteiger partial charge in [-0.25, -0.2) is 0 Å². The average Bonchev–Trinajstić information content (AvgIpc) is 2.55. The zero-order valence-corrected chi connectivity index (χ0v) is 9.65. The maximum Gasteiger partial charge on any atom is 0.236 e. The van der Waals surface area contributed by atoms with Gasteiger partial charge in [0.1, 0.15) is 0 Å². The van der Waals surface area contributed by atoms with Gasteiger partial charge in [0.05, 0.1) is 18.2 Å². The fraction of sp³-hybridized carbons (Fsp3) is 0.385. The van der Waals surface area contributed by atoms with Crippen LogP contribution in [0, 0.1) is 11.3 Å². The Kier molecular flexibility index (Phi) is 3.73. The number of nitriles is 1. The summed E-state index contributed by atoms with van der Waals surface area (Å²) in [5.74, 6) is 0.130. The monoisotopic (exact) mass is 229 g/mol. The number of hydrogen-bond acceptors (Lipinski definition) is 3. The van der Waals surface area contributed by atoms with Crippen LogP contribution in [-0.2, 0) is 11.3 Å². The zero-order valence-electron chi connectivity index (χ0n) is 9.65. The molecule has 1 N–H and O–H groups in total. The zero-order chi connectivity index (χ0) is 12.1. The normalized spacial score (nSPS) is 16.4. The van der Waals surface area contributed by atoms with Crippen molar-refractivity contribution in [2.45, 2.75) is 13.0 Å². The first-order valence-electron chi connectivity index (χ1n) is 5.77. The lowest BCUT2D eigenvalue weighted by Gasteiger charge is -2.20. The highest BCUT2D eigenvalue weighted by Crippen LogP contribution is 2.09. The van der Waals surface area contributed by atoms with Crippen LogP contribution >= 0.6 is 0 Å². The van der Waals surface area contributed by atoms with Crippen LogP contribution in [0.4, 0.5) is 0 Å². The van der Waals surface area contributed by atoms with Crippen molar-refractivity contribution in [2.75, 3.05) is 19.6 Å². The molecule has 0 saturated carbocycles. The molecule has 1 fully saturated rings. The second-order valence-electron chi connectivity index (χ2n) is 4.16. The third-order valence-corrected chi connectivity index (χ3v) is 2.84. The van der Waals surface area contributed by atoms with Gasteiger partial charge in [-0.15, -0.1) is 0 Å².